The van der Waals surface area contributed by atoms with Gasteiger partial charge in [0.25, 0.3) is 5.91 Å². The molecule has 0 radical (unpaired) electrons. The number of carbonyl (C=O) groups is 1. The van der Waals surface area contributed by atoms with Crippen LogP contribution in [-0.2, 0) is 11.8 Å². The predicted molar refractivity (Wildman–Crippen MR) is 71.1 cm³/mol. The number of aromatic nitrogens is 1. The molecule has 5 heteroatoms. The van der Waals surface area contributed by atoms with Gasteiger partial charge in [-0.3, -0.25) is 4.79 Å². The molecule has 0 saturated heterocycles. The Morgan fingerprint density at radius 3 is 2.79 bits per heavy atom. The highest BCUT2D eigenvalue weighted by molar-refractivity contribution is 7.07. The molecule has 1 aliphatic rings. The Kier molecular flexibility index (Phi) is 3.06. The molecule has 0 unspecified atom stereocenters. The molecule has 0 bridgehead atoms. The third-order valence-electron chi connectivity index (χ3n) is 3.37. The predicted octanol–water partition coefficient (Wildman–Crippen LogP) is 2.46. The van der Waals surface area contributed by atoms with Crippen molar-refractivity contribution in [2.75, 3.05) is 0 Å². The third-order valence-corrected chi connectivity index (χ3v) is 4.22. The van der Waals surface area contributed by atoms with Gasteiger partial charge in [0.15, 0.2) is 4.80 Å². The van der Waals surface area contributed by atoms with Crippen LogP contribution in [0.1, 0.15) is 17.9 Å². The summed E-state index contributed by atoms with van der Waals surface area (Å²) in [6.07, 6.45) is 2.68. The fourth-order valence-corrected chi connectivity index (χ4v) is 2.89. The van der Waals surface area contributed by atoms with E-state index in [9.17, 15) is 9.18 Å². The molecule has 2 aromatic rings. The van der Waals surface area contributed by atoms with Crippen LogP contribution in [-0.4, -0.2) is 10.5 Å². The van der Waals surface area contributed by atoms with Crippen molar-refractivity contribution in [1.82, 2.24) is 4.57 Å². The van der Waals surface area contributed by atoms with Gasteiger partial charge < -0.3 is 4.57 Å². The number of halogens is 1. The first-order valence-electron chi connectivity index (χ1n) is 6.09. The summed E-state index contributed by atoms with van der Waals surface area (Å²) in [5.74, 6) is -0.176. The van der Waals surface area contributed by atoms with Crippen molar-refractivity contribution in [3.05, 3.63) is 52.0 Å². The minimum Gasteiger partial charge on any atom is -0.327 e. The quantitative estimate of drug-likeness (QED) is 0.829. The number of benzene rings is 1. The lowest BCUT2D eigenvalue weighted by atomic mass is 10.1. The molecule has 1 amide bonds. The first kappa shape index (κ1) is 12.3. The molecule has 0 aliphatic heterocycles. The second kappa shape index (κ2) is 4.74. The van der Waals surface area contributed by atoms with Crippen LogP contribution >= 0.6 is 11.3 Å². The Morgan fingerprint density at radius 1 is 1.42 bits per heavy atom. The van der Waals surface area contributed by atoms with Crippen molar-refractivity contribution in [2.24, 2.45) is 18.0 Å². The molecule has 1 heterocycles. The Hall–Kier alpha value is -1.75. The Bertz CT molecular complexity index is 671. The molecule has 3 rings (SSSR count). The number of rotatable bonds is 2. The van der Waals surface area contributed by atoms with Crippen LogP contribution in [0.5, 0.6) is 0 Å². The van der Waals surface area contributed by atoms with E-state index < -0.39 is 0 Å². The highest BCUT2D eigenvalue weighted by atomic mass is 32.1. The molecule has 19 heavy (non-hydrogen) atoms. The summed E-state index contributed by atoms with van der Waals surface area (Å²) in [5.41, 5.74) is 1.02. The number of amides is 1. The molecule has 1 aliphatic carbocycles. The van der Waals surface area contributed by atoms with Crippen LogP contribution in [0.2, 0.25) is 0 Å². The van der Waals surface area contributed by atoms with Gasteiger partial charge >= 0.3 is 0 Å². The minimum absolute atomic E-state index is 0.0486. The zero-order valence-electron chi connectivity index (χ0n) is 10.4. The summed E-state index contributed by atoms with van der Waals surface area (Å²) in [6, 6.07) is 6.37. The fraction of sp³-hybridized carbons (Fsp3) is 0.286. The first-order valence-corrected chi connectivity index (χ1v) is 6.97. The van der Waals surface area contributed by atoms with Gasteiger partial charge in [0.2, 0.25) is 0 Å². The third kappa shape index (κ3) is 2.51. The first-order chi connectivity index (χ1) is 9.15. The van der Waals surface area contributed by atoms with Gasteiger partial charge in [-0.25, -0.2) is 4.39 Å². The van der Waals surface area contributed by atoms with Gasteiger partial charge in [0, 0.05) is 24.5 Å². The van der Waals surface area contributed by atoms with Crippen LogP contribution in [0.15, 0.2) is 40.8 Å². The van der Waals surface area contributed by atoms with Gasteiger partial charge in [0.1, 0.15) is 5.82 Å². The zero-order chi connectivity index (χ0) is 13.4. The highest BCUT2D eigenvalue weighted by Crippen LogP contribution is 2.48. The van der Waals surface area contributed by atoms with E-state index in [1.807, 2.05) is 23.2 Å². The highest BCUT2D eigenvalue weighted by Gasteiger charge is 2.43. The van der Waals surface area contributed by atoms with Crippen LogP contribution in [0.3, 0.4) is 0 Å². The fourth-order valence-electron chi connectivity index (χ4n) is 2.16. The normalized spacial score (nSPS) is 22.5. The van der Waals surface area contributed by atoms with Crippen LogP contribution in [0.25, 0.3) is 0 Å². The summed E-state index contributed by atoms with van der Waals surface area (Å²) < 4.78 is 14.7. The number of nitrogens with zero attached hydrogens (tertiary/aromatic N) is 2. The number of hydrogen-bond acceptors (Lipinski definition) is 2. The second-order valence-electron chi connectivity index (χ2n) is 4.75. The number of aryl methyl sites for hydroxylation is 1. The Balaban J connectivity index is 1.75. The van der Waals surface area contributed by atoms with Crippen LogP contribution in [0, 0.1) is 11.7 Å². The van der Waals surface area contributed by atoms with Gasteiger partial charge in [-0.2, -0.15) is 4.99 Å². The van der Waals surface area contributed by atoms with E-state index in [2.05, 4.69) is 4.99 Å². The number of thiazole rings is 1. The van der Waals surface area contributed by atoms with Gasteiger partial charge in [-0.1, -0.05) is 12.1 Å². The lowest BCUT2D eigenvalue weighted by Gasteiger charge is -1.98. The van der Waals surface area contributed by atoms with Crippen LogP contribution in [0.4, 0.5) is 4.39 Å². The monoisotopic (exact) mass is 276 g/mol. The van der Waals surface area contributed by atoms with Gasteiger partial charge in [-0.05, 0) is 30.0 Å². The number of carbonyl (C=O) groups excluding carboxylic acids is 1. The van der Waals surface area contributed by atoms with Crippen molar-refractivity contribution in [2.45, 2.75) is 12.3 Å². The van der Waals surface area contributed by atoms with Gasteiger partial charge in [-0.15, -0.1) is 11.3 Å². The Labute approximate surface area is 114 Å². The maximum atomic E-state index is 12.8. The molecule has 2 atom stereocenters. The molecule has 1 saturated carbocycles. The summed E-state index contributed by atoms with van der Waals surface area (Å²) in [7, 11) is 1.87. The number of hydrogen-bond donors (Lipinski definition) is 0. The smallest absolute Gasteiger partial charge is 0.252 e. The maximum Gasteiger partial charge on any atom is 0.252 e. The molecule has 0 spiro atoms. The van der Waals surface area contributed by atoms with Gasteiger partial charge in [0.05, 0.1) is 0 Å². The molecule has 1 fully saturated rings. The lowest BCUT2D eigenvalue weighted by molar-refractivity contribution is -0.119. The van der Waals surface area contributed by atoms with Crippen molar-refractivity contribution in [3.8, 4) is 0 Å². The molecule has 0 N–H and O–H groups in total. The molecule has 1 aromatic carbocycles. The van der Waals surface area contributed by atoms with E-state index in [-0.39, 0.29) is 23.6 Å². The van der Waals surface area contributed by atoms with E-state index >= 15 is 0 Å². The average Bonchev–Trinajstić information content (AvgIpc) is 3.10. The van der Waals surface area contributed by atoms with Crippen molar-refractivity contribution in [3.63, 3.8) is 0 Å². The molecule has 98 valence electrons. The van der Waals surface area contributed by atoms with E-state index in [0.29, 0.717) is 0 Å². The lowest BCUT2D eigenvalue weighted by Crippen LogP contribution is -2.13. The average molecular weight is 276 g/mol. The van der Waals surface area contributed by atoms with E-state index in [1.165, 1.54) is 23.5 Å². The maximum absolute atomic E-state index is 12.8. The minimum atomic E-state index is -0.248. The van der Waals surface area contributed by atoms with E-state index in [0.717, 1.165) is 16.8 Å². The zero-order valence-corrected chi connectivity index (χ0v) is 11.2. The second-order valence-corrected chi connectivity index (χ2v) is 5.62. The molecule has 1 aromatic heterocycles. The topological polar surface area (TPSA) is 34.4 Å². The van der Waals surface area contributed by atoms with Crippen molar-refractivity contribution in [1.29, 1.82) is 0 Å². The van der Waals surface area contributed by atoms with Crippen molar-refractivity contribution >= 4 is 17.2 Å². The molecular weight excluding hydrogens is 263 g/mol. The largest absolute Gasteiger partial charge is 0.327 e. The molecular formula is C14H13FN2OS. The van der Waals surface area contributed by atoms with E-state index in [1.54, 1.807) is 12.1 Å². The summed E-state index contributed by atoms with van der Waals surface area (Å²) >= 11 is 1.45. The molecule has 3 nitrogen and oxygen atoms in total. The summed E-state index contributed by atoms with van der Waals surface area (Å²) in [6.45, 7) is 0. The van der Waals surface area contributed by atoms with E-state index in [4.69, 9.17) is 0 Å². The Morgan fingerprint density at radius 2 is 2.16 bits per heavy atom. The summed E-state index contributed by atoms with van der Waals surface area (Å²) in [4.78, 5) is 16.9. The van der Waals surface area contributed by atoms with Crippen molar-refractivity contribution < 1.29 is 9.18 Å². The van der Waals surface area contributed by atoms with Crippen LogP contribution < -0.4 is 4.80 Å². The summed E-state index contributed by atoms with van der Waals surface area (Å²) in [5, 5.41) is 1.90. The standard InChI is InChI=1S/C14H13FN2OS/c1-17-6-7-19-14(17)16-13(18)12-8-11(12)9-2-4-10(15)5-3-9/h2-7,11-12H,8H2,1H3/t11-,12+/m0/s1. The SMILES string of the molecule is Cn1ccsc1=NC(=O)[C@@H]1C[C@H]1c1ccc(F)cc1.